The number of aryl methyl sites for hydroxylation is 1. The SMILES string of the molecule is Cc1ccc(COc2cccc(/C=N\NC(=O)c3ccncc3)c2)cc1. The largest absolute Gasteiger partial charge is 0.489 e. The van der Waals surface area contributed by atoms with Crippen LogP contribution in [0.4, 0.5) is 0 Å². The second-order valence-electron chi connectivity index (χ2n) is 5.78. The molecule has 1 heterocycles. The summed E-state index contributed by atoms with van der Waals surface area (Å²) in [5.74, 6) is 0.463. The van der Waals surface area contributed by atoms with Crippen LogP contribution in [-0.4, -0.2) is 17.1 Å². The second-order valence-corrected chi connectivity index (χ2v) is 5.78. The number of carbonyl (C=O) groups is 1. The molecule has 0 bridgehead atoms. The Morgan fingerprint density at radius 3 is 2.65 bits per heavy atom. The smallest absolute Gasteiger partial charge is 0.271 e. The number of carbonyl (C=O) groups excluding carboxylic acids is 1. The summed E-state index contributed by atoms with van der Waals surface area (Å²) in [6, 6.07) is 19.0. The summed E-state index contributed by atoms with van der Waals surface area (Å²) in [6.45, 7) is 2.56. The number of amides is 1. The quantitative estimate of drug-likeness (QED) is 0.547. The van der Waals surface area contributed by atoms with Crippen molar-refractivity contribution in [1.29, 1.82) is 0 Å². The number of nitrogens with one attached hydrogen (secondary N) is 1. The van der Waals surface area contributed by atoms with Gasteiger partial charge in [0.1, 0.15) is 12.4 Å². The lowest BCUT2D eigenvalue weighted by atomic mass is 10.2. The molecule has 0 fully saturated rings. The normalized spacial score (nSPS) is 10.7. The molecule has 0 saturated heterocycles. The molecule has 130 valence electrons. The molecule has 0 saturated carbocycles. The zero-order valence-electron chi connectivity index (χ0n) is 14.4. The van der Waals surface area contributed by atoms with Crippen molar-refractivity contribution in [2.45, 2.75) is 13.5 Å². The van der Waals surface area contributed by atoms with Gasteiger partial charge in [-0.3, -0.25) is 9.78 Å². The maximum absolute atomic E-state index is 11.9. The third kappa shape index (κ3) is 5.01. The molecule has 0 unspecified atom stereocenters. The lowest BCUT2D eigenvalue weighted by molar-refractivity contribution is 0.0955. The summed E-state index contributed by atoms with van der Waals surface area (Å²) in [7, 11) is 0. The zero-order chi connectivity index (χ0) is 18.2. The van der Waals surface area contributed by atoms with Gasteiger partial charge in [-0.15, -0.1) is 0 Å². The molecule has 0 aliphatic carbocycles. The predicted molar refractivity (Wildman–Crippen MR) is 101 cm³/mol. The van der Waals surface area contributed by atoms with Gasteiger partial charge in [-0.1, -0.05) is 42.0 Å². The van der Waals surface area contributed by atoms with Gasteiger partial charge in [-0.2, -0.15) is 5.10 Å². The van der Waals surface area contributed by atoms with Gasteiger partial charge in [0, 0.05) is 18.0 Å². The molecule has 2 aromatic carbocycles. The van der Waals surface area contributed by atoms with Gasteiger partial charge in [0.2, 0.25) is 0 Å². The van der Waals surface area contributed by atoms with Crippen molar-refractivity contribution in [2.75, 3.05) is 0 Å². The Hall–Kier alpha value is -3.47. The number of rotatable bonds is 6. The first-order valence-corrected chi connectivity index (χ1v) is 8.22. The van der Waals surface area contributed by atoms with Crippen LogP contribution >= 0.6 is 0 Å². The van der Waals surface area contributed by atoms with Gasteiger partial charge in [0.05, 0.1) is 6.21 Å². The molecular weight excluding hydrogens is 326 g/mol. The van der Waals surface area contributed by atoms with Crippen molar-refractivity contribution < 1.29 is 9.53 Å². The van der Waals surface area contributed by atoms with E-state index in [1.165, 1.54) is 5.56 Å². The third-order valence-corrected chi connectivity index (χ3v) is 3.71. The van der Waals surface area contributed by atoms with E-state index >= 15 is 0 Å². The zero-order valence-corrected chi connectivity index (χ0v) is 14.4. The van der Waals surface area contributed by atoms with Crippen LogP contribution in [0, 0.1) is 6.92 Å². The van der Waals surface area contributed by atoms with E-state index in [1.54, 1.807) is 30.7 Å². The fourth-order valence-electron chi connectivity index (χ4n) is 2.27. The van der Waals surface area contributed by atoms with Crippen molar-refractivity contribution in [1.82, 2.24) is 10.4 Å². The fraction of sp³-hybridized carbons (Fsp3) is 0.0952. The van der Waals surface area contributed by atoms with Crippen molar-refractivity contribution in [3.8, 4) is 5.75 Å². The lowest BCUT2D eigenvalue weighted by Gasteiger charge is -2.07. The summed E-state index contributed by atoms with van der Waals surface area (Å²) < 4.78 is 5.81. The molecule has 1 N–H and O–H groups in total. The van der Waals surface area contributed by atoms with Crippen LogP contribution in [0.3, 0.4) is 0 Å². The molecule has 0 radical (unpaired) electrons. The van der Waals surface area contributed by atoms with Gasteiger partial charge in [-0.25, -0.2) is 5.43 Å². The Labute approximate surface area is 152 Å². The van der Waals surface area contributed by atoms with Crippen LogP contribution in [0.2, 0.25) is 0 Å². The predicted octanol–water partition coefficient (Wildman–Crippen LogP) is 3.73. The van der Waals surface area contributed by atoms with Crippen molar-refractivity contribution in [3.05, 3.63) is 95.3 Å². The van der Waals surface area contributed by atoms with Crippen LogP contribution in [0.1, 0.15) is 27.0 Å². The number of benzene rings is 2. The van der Waals surface area contributed by atoms with Crippen molar-refractivity contribution in [3.63, 3.8) is 0 Å². The molecule has 0 atom stereocenters. The number of ether oxygens (including phenoxy) is 1. The molecule has 5 heteroatoms. The monoisotopic (exact) mass is 345 g/mol. The first-order valence-electron chi connectivity index (χ1n) is 8.22. The molecule has 0 aliphatic heterocycles. The van der Waals surface area contributed by atoms with Crippen LogP contribution < -0.4 is 10.2 Å². The first kappa shape index (κ1) is 17.4. The van der Waals surface area contributed by atoms with E-state index < -0.39 is 0 Å². The van der Waals surface area contributed by atoms with Crippen LogP contribution in [0.5, 0.6) is 5.75 Å². The first-order chi connectivity index (χ1) is 12.7. The Balaban J connectivity index is 1.56. The van der Waals surface area contributed by atoms with E-state index in [0.717, 1.165) is 16.9 Å². The molecule has 0 aliphatic rings. The molecule has 0 spiro atoms. The topological polar surface area (TPSA) is 63.6 Å². The molecule has 1 amide bonds. The highest BCUT2D eigenvalue weighted by Crippen LogP contribution is 2.14. The number of hydrogen-bond donors (Lipinski definition) is 1. The Bertz CT molecular complexity index is 891. The molecule has 5 nitrogen and oxygen atoms in total. The number of hydrazone groups is 1. The minimum atomic E-state index is -0.282. The number of pyridine rings is 1. The summed E-state index contributed by atoms with van der Waals surface area (Å²) >= 11 is 0. The van der Waals surface area contributed by atoms with Crippen LogP contribution in [0.15, 0.2) is 78.2 Å². The third-order valence-electron chi connectivity index (χ3n) is 3.71. The summed E-state index contributed by atoms with van der Waals surface area (Å²) in [5, 5.41) is 3.99. The fourth-order valence-corrected chi connectivity index (χ4v) is 2.27. The molecule has 3 rings (SSSR count). The molecule has 1 aromatic heterocycles. The van der Waals surface area contributed by atoms with Gasteiger partial charge in [0.25, 0.3) is 5.91 Å². The van der Waals surface area contributed by atoms with E-state index in [4.69, 9.17) is 4.74 Å². The Kier molecular flexibility index (Phi) is 5.72. The minimum absolute atomic E-state index is 0.282. The average Bonchev–Trinajstić information content (AvgIpc) is 2.68. The highest BCUT2D eigenvalue weighted by Gasteiger charge is 2.02. The lowest BCUT2D eigenvalue weighted by Crippen LogP contribution is -2.17. The second kappa shape index (κ2) is 8.58. The van der Waals surface area contributed by atoms with E-state index in [9.17, 15) is 4.79 Å². The Morgan fingerprint density at radius 1 is 1.12 bits per heavy atom. The van der Waals surface area contributed by atoms with E-state index in [1.807, 2.05) is 24.3 Å². The summed E-state index contributed by atoms with van der Waals surface area (Å²) in [4.78, 5) is 15.8. The van der Waals surface area contributed by atoms with Crippen molar-refractivity contribution in [2.24, 2.45) is 5.10 Å². The van der Waals surface area contributed by atoms with E-state index in [0.29, 0.717) is 12.2 Å². The standard InChI is InChI=1S/C21H19N3O2/c1-16-5-7-17(8-6-16)15-26-20-4-2-3-18(13-20)14-23-24-21(25)19-9-11-22-12-10-19/h2-14H,15H2,1H3,(H,24,25)/b23-14-. The number of nitrogens with zero attached hydrogens (tertiary/aromatic N) is 2. The number of hydrogen-bond acceptors (Lipinski definition) is 4. The maximum atomic E-state index is 11.9. The average molecular weight is 345 g/mol. The van der Waals surface area contributed by atoms with E-state index in [-0.39, 0.29) is 5.91 Å². The maximum Gasteiger partial charge on any atom is 0.271 e. The summed E-state index contributed by atoms with van der Waals surface area (Å²) in [5.41, 5.74) is 6.17. The highest BCUT2D eigenvalue weighted by molar-refractivity contribution is 5.94. The summed E-state index contributed by atoms with van der Waals surface area (Å²) in [6.07, 6.45) is 4.71. The Morgan fingerprint density at radius 2 is 1.88 bits per heavy atom. The molecule has 3 aromatic rings. The molecular formula is C21H19N3O2. The van der Waals surface area contributed by atoms with Crippen LogP contribution in [-0.2, 0) is 6.61 Å². The van der Waals surface area contributed by atoms with Crippen molar-refractivity contribution >= 4 is 12.1 Å². The minimum Gasteiger partial charge on any atom is -0.489 e. The highest BCUT2D eigenvalue weighted by atomic mass is 16.5. The van der Waals surface area contributed by atoms with E-state index in [2.05, 4.69) is 46.7 Å². The van der Waals surface area contributed by atoms with Gasteiger partial charge < -0.3 is 4.74 Å². The van der Waals surface area contributed by atoms with Gasteiger partial charge in [-0.05, 0) is 42.3 Å². The van der Waals surface area contributed by atoms with Crippen LogP contribution in [0.25, 0.3) is 0 Å². The van der Waals surface area contributed by atoms with Gasteiger partial charge in [0.15, 0.2) is 0 Å². The van der Waals surface area contributed by atoms with Gasteiger partial charge >= 0.3 is 0 Å². The molecule has 26 heavy (non-hydrogen) atoms. The number of aromatic nitrogens is 1.